The summed E-state index contributed by atoms with van der Waals surface area (Å²) in [7, 11) is 0. The van der Waals surface area contributed by atoms with Crippen LogP contribution in [0.4, 0.5) is 0 Å². The highest BCUT2D eigenvalue weighted by molar-refractivity contribution is 5.78. The van der Waals surface area contributed by atoms with Crippen LogP contribution in [0.1, 0.15) is 24.6 Å². The summed E-state index contributed by atoms with van der Waals surface area (Å²) in [6.45, 7) is 1.37. The second-order valence-electron chi connectivity index (χ2n) is 5.57. The summed E-state index contributed by atoms with van der Waals surface area (Å²) >= 11 is 0. The number of H-pyrrole nitrogens is 1. The zero-order chi connectivity index (χ0) is 18.6. The molecule has 1 aliphatic heterocycles. The maximum atomic E-state index is 11.8. The molecule has 0 saturated carbocycles. The van der Waals surface area contributed by atoms with Crippen LogP contribution in [0, 0.1) is 6.92 Å². The molecule has 0 spiro atoms. The van der Waals surface area contributed by atoms with Crippen LogP contribution in [0.25, 0.3) is 0 Å². The predicted octanol–water partition coefficient (Wildman–Crippen LogP) is -2.15. The van der Waals surface area contributed by atoms with Gasteiger partial charge in [-0.1, -0.05) is 0 Å². The number of hydrogen-bond donors (Lipinski definition) is 3. The highest BCUT2D eigenvalue weighted by atomic mass is 16.7. The summed E-state index contributed by atoms with van der Waals surface area (Å²) in [5.41, 5.74) is 9.80. The third-order valence-electron chi connectivity index (χ3n) is 3.56. The molecule has 0 aliphatic carbocycles. The molecule has 1 aromatic heterocycles. The first-order valence-corrected chi connectivity index (χ1v) is 7.57. The van der Waals surface area contributed by atoms with Gasteiger partial charge in [0, 0.05) is 18.2 Å². The van der Waals surface area contributed by atoms with Gasteiger partial charge in [0.2, 0.25) is 5.91 Å². The SMILES string of the molecule is Cc1cn(C2COC(COC(=O)C(N)CCC(N)=O)O2)c(=O)[nH]c1=O. The highest BCUT2D eigenvalue weighted by Gasteiger charge is 2.30. The van der Waals surface area contributed by atoms with E-state index in [1.807, 2.05) is 0 Å². The van der Waals surface area contributed by atoms with Crippen molar-refractivity contribution in [2.45, 2.75) is 38.3 Å². The number of aryl methyl sites for hydroxylation is 1. The van der Waals surface area contributed by atoms with Crippen molar-refractivity contribution in [1.82, 2.24) is 9.55 Å². The molecular formula is C14H20N4O7. The number of aromatic nitrogens is 2. The maximum absolute atomic E-state index is 11.8. The topological polar surface area (TPSA) is 169 Å². The van der Waals surface area contributed by atoms with Gasteiger partial charge in [-0.05, 0) is 13.3 Å². The Kier molecular flexibility index (Phi) is 6.07. The van der Waals surface area contributed by atoms with E-state index in [1.54, 1.807) is 6.92 Å². The van der Waals surface area contributed by atoms with Crippen molar-refractivity contribution in [3.8, 4) is 0 Å². The fourth-order valence-electron chi connectivity index (χ4n) is 2.15. The molecule has 5 N–H and O–H groups in total. The lowest BCUT2D eigenvalue weighted by molar-refractivity contribution is -0.160. The lowest BCUT2D eigenvalue weighted by Gasteiger charge is -2.15. The molecule has 3 unspecified atom stereocenters. The molecule has 0 radical (unpaired) electrons. The third kappa shape index (κ3) is 4.98. The number of aromatic amines is 1. The van der Waals surface area contributed by atoms with Crippen molar-refractivity contribution in [3.63, 3.8) is 0 Å². The number of nitrogens with one attached hydrogen (secondary N) is 1. The third-order valence-corrected chi connectivity index (χ3v) is 3.56. The van der Waals surface area contributed by atoms with Crippen LogP contribution < -0.4 is 22.7 Å². The molecule has 0 bridgehead atoms. The maximum Gasteiger partial charge on any atom is 0.330 e. The summed E-state index contributed by atoms with van der Waals surface area (Å²) in [5.74, 6) is -1.27. The van der Waals surface area contributed by atoms with Gasteiger partial charge in [0.05, 0.1) is 6.61 Å². The van der Waals surface area contributed by atoms with Gasteiger partial charge in [0.15, 0.2) is 12.5 Å². The molecule has 1 amide bonds. The normalized spacial score (nSPS) is 21.0. The molecule has 25 heavy (non-hydrogen) atoms. The van der Waals surface area contributed by atoms with Gasteiger partial charge in [-0.3, -0.25) is 23.9 Å². The first-order chi connectivity index (χ1) is 11.8. The quantitative estimate of drug-likeness (QED) is 0.465. The molecule has 1 aromatic rings. The standard InChI is InChI=1S/C14H20N4O7/c1-7-4-18(14(22)17-12(7)20)10-5-23-11(25-10)6-24-13(21)8(15)2-3-9(16)19/h4,8,10-11H,2-3,5-6,15H2,1H3,(H2,16,19)(H,17,20,22). The number of esters is 1. The highest BCUT2D eigenvalue weighted by Crippen LogP contribution is 2.19. The van der Waals surface area contributed by atoms with Crippen LogP contribution in [0.2, 0.25) is 0 Å². The van der Waals surface area contributed by atoms with Crippen molar-refractivity contribution in [3.05, 3.63) is 32.6 Å². The van der Waals surface area contributed by atoms with E-state index in [0.29, 0.717) is 5.56 Å². The zero-order valence-electron chi connectivity index (χ0n) is 13.6. The minimum absolute atomic E-state index is 0.0246. The number of nitrogens with zero attached hydrogens (tertiary/aromatic N) is 1. The van der Waals surface area contributed by atoms with E-state index < -0.39 is 41.7 Å². The molecule has 0 aromatic carbocycles. The Bertz CT molecular complexity index is 756. The average Bonchev–Trinajstić information content (AvgIpc) is 3.02. The molecule has 1 saturated heterocycles. The van der Waals surface area contributed by atoms with Crippen molar-refractivity contribution in [1.29, 1.82) is 0 Å². The molecule has 1 fully saturated rings. The number of carbonyl (C=O) groups is 2. The Morgan fingerprint density at radius 2 is 2.20 bits per heavy atom. The van der Waals surface area contributed by atoms with Crippen molar-refractivity contribution in [2.24, 2.45) is 11.5 Å². The molecular weight excluding hydrogens is 336 g/mol. The van der Waals surface area contributed by atoms with Crippen molar-refractivity contribution in [2.75, 3.05) is 13.2 Å². The van der Waals surface area contributed by atoms with Gasteiger partial charge < -0.3 is 25.7 Å². The monoisotopic (exact) mass is 356 g/mol. The largest absolute Gasteiger partial charge is 0.459 e. The molecule has 1 aliphatic rings. The lowest BCUT2D eigenvalue weighted by Crippen LogP contribution is -2.36. The smallest absolute Gasteiger partial charge is 0.330 e. The Morgan fingerprint density at radius 1 is 1.48 bits per heavy atom. The van der Waals surface area contributed by atoms with Crippen molar-refractivity contribution >= 4 is 11.9 Å². The van der Waals surface area contributed by atoms with E-state index >= 15 is 0 Å². The lowest BCUT2D eigenvalue weighted by atomic mass is 10.1. The molecule has 2 heterocycles. The number of nitrogens with two attached hydrogens (primary N) is 2. The van der Waals surface area contributed by atoms with Crippen LogP contribution in [0.15, 0.2) is 15.8 Å². The van der Waals surface area contributed by atoms with Crippen LogP contribution in [0.5, 0.6) is 0 Å². The first kappa shape index (κ1) is 18.8. The van der Waals surface area contributed by atoms with E-state index in [4.69, 9.17) is 25.7 Å². The number of ether oxygens (including phenoxy) is 3. The summed E-state index contributed by atoms with van der Waals surface area (Å²) in [5, 5.41) is 0. The van der Waals surface area contributed by atoms with Gasteiger partial charge in [-0.15, -0.1) is 0 Å². The predicted molar refractivity (Wildman–Crippen MR) is 83.3 cm³/mol. The molecule has 2 rings (SSSR count). The van der Waals surface area contributed by atoms with Gasteiger partial charge in [0.1, 0.15) is 12.6 Å². The Balaban J connectivity index is 1.86. The number of carbonyl (C=O) groups excluding carboxylic acids is 2. The minimum Gasteiger partial charge on any atom is -0.459 e. The second kappa shape index (κ2) is 8.05. The number of amides is 1. The number of rotatable bonds is 7. The fourth-order valence-corrected chi connectivity index (χ4v) is 2.15. The first-order valence-electron chi connectivity index (χ1n) is 7.57. The van der Waals surface area contributed by atoms with Gasteiger partial charge in [-0.25, -0.2) is 4.79 Å². The van der Waals surface area contributed by atoms with E-state index in [2.05, 4.69) is 4.98 Å². The van der Waals surface area contributed by atoms with Gasteiger partial charge >= 0.3 is 11.7 Å². The summed E-state index contributed by atoms with van der Waals surface area (Å²) < 4.78 is 16.9. The Morgan fingerprint density at radius 3 is 2.88 bits per heavy atom. The van der Waals surface area contributed by atoms with E-state index in [0.717, 1.165) is 0 Å². The molecule has 3 atom stereocenters. The second-order valence-corrected chi connectivity index (χ2v) is 5.57. The van der Waals surface area contributed by atoms with Crippen LogP contribution in [-0.2, 0) is 23.8 Å². The average molecular weight is 356 g/mol. The van der Waals surface area contributed by atoms with Crippen LogP contribution in [-0.4, -0.2) is 47.0 Å². The summed E-state index contributed by atoms with van der Waals surface area (Å²) in [6, 6.07) is -0.978. The van der Waals surface area contributed by atoms with Crippen molar-refractivity contribution < 1.29 is 23.8 Å². The van der Waals surface area contributed by atoms with Crippen LogP contribution in [0.3, 0.4) is 0 Å². The van der Waals surface area contributed by atoms with Crippen LogP contribution >= 0.6 is 0 Å². The zero-order valence-corrected chi connectivity index (χ0v) is 13.6. The number of hydrogen-bond acceptors (Lipinski definition) is 8. The van der Waals surface area contributed by atoms with E-state index in [-0.39, 0.29) is 26.1 Å². The summed E-state index contributed by atoms with van der Waals surface area (Å²) in [6.07, 6.45) is -0.214. The molecule has 11 nitrogen and oxygen atoms in total. The molecule has 138 valence electrons. The van der Waals surface area contributed by atoms with Gasteiger partial charge in [0.25, 0.3) is 5.56 Å². The molecule has 11 heteroatoms. The Hall–Kier alpha value is -2.50. The number of primary amides is 1. The van der Waals surface area contributed by atoms with Gasteiger partial charge in [-0.2, -0.15) is 0 Å². The Labute approximate surface area is 141 Å². The van der Waals surface area contributed by atoms with E-state index in [1.165, 1.54) is 10.8 Å². The fraction of sp³-hybridized carbons (Fsp3) is 0.571. The van der Waals surface area contributed by atoms with E-state index in [9.17, 15) is 19.2 Å². The minimum atomic E-state index is -0.978. The summed E-state index contributed by atoms with van der Waals surface area (Å²) in [4.78, 5) is 47.7.